The highest BCUT2D eigenvalue weighted by molar-refractivity contribution is 7.86. The van der Waals surface area contributed by atoms with Crippen LogP contribution in [0.5, 0.6) is 0 Å². The zero-order valence-corrected chi connectivity index (χ0v) is 9.62. The Hall–Kier alpha value is -1.44. The number of anilines is 1. The lowest BCUT2D eigenvalue weighted by Crippen LogP contribution is -2.00. The number of thiazole rings is 1. The van der Waals surface area contributed by atoms with Gasteiger partial charge in [0.2, 0.25) is 0 Å². The van der Waals surface area contributed by atoms with Crippen LogP contribution in [0.4, 0.5) is 5.13 Å². The molecule has 1 aromatic heterocycles. The van der Waals surface area contributed by atoms with Gasteiger partial charge in [0, 0.05) is 10.9 Å². The van der Waals surface area contributed by atoms with Gasteiger partial charge < -0.3 is 5.73 Å². The molecule has 0 aliphatic heterocycles. The lowest BCUT2D eigenvalue weighted by Gasteiger charge is -2.03. The second-order valence-electron chi connectivity index (χ2n) is 3.04. The number of nitrogen functional groups attached to an aromatic ring is 1. The summed E-state index contributed by atoms with van der Waals surface area (Å²) in [6, 6.07) is 6.08. The molecule has 1 aromatic carbocycles. The minimum atomic E-state index is -4.25. The minimum absolute atomic E-state index is 0.166. The van der Waals surface area contributed by atoms with E-state index in [-0.39, 0.29) is 4.90 Å². The van der Waals surface area contributed by atoms with Crippen molar-refractivity contribution in [1.29, 1.82) is 0 Å². The molecule has 0 saturated carbocycles. The third-order valence-corrected chi connectivity index (χ3v) is 3.55. The maximum absolute atomic E-state index is 11.1. The molecule has 0 fully saturated rings. The SMILES string of the molecule is Nc1nc(-c2ccccc2S(=O)(=O)O)cs1. The third kappa shape index (κ3) is 2.06. The molecule has 0 aliphatic carbocycles. The number of hydrogen-bond acceptors (Lipinski definition) is 5. The zero-order chi connectivity index (χ0) is 11.8. The maximum atomic E-state index is 11.1. The molecule has 3 N–H and O–H groups in total. The van der Waals surface area contributed by atoms with Crippen molar-refractivity contribution >= 4 is 26.6 Å². The highest BCUT2D eigenvalue weighted by Gasteiger charge is 2.17. The van der Waals surface area contributed by atoms with Gasteiger partial charge in [-0.05, 0) is 6.07 Å². The number of aromatic nitrogens is 1. The molecule has 0 unspecified atom stereocenters. The lowest BCUT2D eigenvalue weighted by molar-refractivity contribution is 0.483. The summed E-state index contributed by atoms with van der Waals surface area (Å²) >= 11 is 1.21. The lowest BCUT2D eigenvalue weighted by atomic mass is 10.2. The van der Waals surface area contributed by atoms with Gasteiger partial charge in [-0.3, -0.25) is 4.55 Å². The second-order valence-corrected chi connectivity index (χ2v) is 5.32. The van der Waals surface area contributed by atoms with E-state index in [1.54, 1.807) is 17.5 Å². The van der Waals surface area contributed by atoms with Crippen molar-refractivity contribution in [3.63, 3.8) is 0 Å². The predicted molar refractivity (Wildman–Crippen MR) is 61.8 cm³/mol. The van der Waals surface area contributed by atoms with E-state index in [0.717, 1.165) is 0 Å². The molecule has 0 amide bonds. The van der Waals surface area contributed by atoms with Crippen molar-refractivity contribution in [2.24, 2.45) is 0 Å². The van der Waals surface area contributed by atoms with Gasteiger partial charge in [0.15, 0.2) is 5.13 Å². The van der Waals surface area contributed by atoms with E-state index >= 15 is 0 Å². The normalized spacial score (nSPS) is 11.6. The standard InChI is InChI=1S/C9H8N2O3S2/c10-9-11-7(5-15-9)6-3-1-2-4-8(6)16(12,13)14/h1-5H,(H2,10,11)(H,12,13,14). The molecule has 0 aliphatic rings. The Kier molecular flexibility index (Phi) is 2.66. The first-order valence-electron chi connectivity index (χ1n) is 4.26. The number of nitrogens with zero attached hydrogens (tertiary/aromatic N) is 1. The van der Waals surface area contributed by atoms with Crippen LogP contribution in [0.2, 0.25) is 0 Å². The topological polar surface area (TPSA) is 93.3 Å². The summed E-state index contributed by atoms with van der Waals surface area (Å²) in [5.74, 6) is 0. The van der Waals surface area contributed by atoms with Crippen LogP contribution in [-0.4, -0.2) is 18.0 Å². The molecule has 7 heteroatoms. The first kappa shape index (κ1) is 11.1. The molecule has 0 bridgehead atoms. The van der Waals surface area contributed by atoms with Gasteiger partial charge in [0.1, 0.15) is 4.90 Å². The zero-order valence-electron chi connectivity index (χ0n) is 7.99. The Balaban J connectivity index is 2.66. The molecule has 0 atom stereocenters. The van der Waals surface area contributed by atoms with Crippen LogP contribution in [0.25, 0.3) is 11.3 Å². The molecule has 84 valence electrons. The summed E-state index contributed by atoms with van der Waals surface area (Å²) in [6.45, 7) is 0. The summed E-state index contributed by atoms with van der Waals surface area (Å²) in [4.78, 5) is 3.81. The van der Waals surface area contributed by atoms with Gasteiger partial charge in [0.05, 0.1) is 5.69 Å². The Morgan fingerprint density at radius 3 is 2.56 bits per heavy atom. The van der Waals surface area contributed by atoms with E-state index in [4.69, 9.17) is 10.3 Å². The highest BCUT2D eigenvalue weighted by atomic mass is 32.2. The van der Waals surface area contributed by atoms with Crippen LogP contribution in [0.1, 0.15) is 0 Å². The van der Waals surface area contributed by atoms with Crippen LogP contribution >= 0.6 is 11.3 Å². The van der Waals surface area contributed by atoms with Crippen molar-refractivity contribution < 1.29 is 13.0 Å². The first-order chi connectivity index (χ1) is 7.48. The number of benzene rings is 1. The van der Waals surface area contributed by atoms with Gasteiger partial charge >= 0.3 is 0 Å². The van der Waals surface area contributed by atoms with E-state index in [1.807, 2.05) is 0 Å². The van der Waals surface area contributed by atoms with Crippen LogP contribution in [0, 0.1) is 0 Å². The summed E-state index contributed by atoms with van der Waals surface area (Å²) in [7, 11) is -4.25. The van der Waals surface area contributed by atoms with Gasteiger partial charge in [0.25, 0.3) is 10.1 Å². The molecule has 2 aromatic rings. The molecule has 0 saturated heterocycles. The summed E-state index contributed by atoms with van der Waals surface area (Å²) < 4.78 is 31.3. The summed E-state index contributed by atoms with van der Waals surface area (Å²) in [6.07, 6.45) is 0. The molecule has 2 rings (SSSR count). The van der Waals surface area contributed by atoms with E-state index in [2.05, 4.69) is 4.98 Å². The van der Waals surface area contributed by atoms with Crippen LogP contribution in [-0.2, 0) is 10.1 Å². The van der Waals surface area contributed by atoms with E-state index in [0.29, 0.717) is 16.4 Å². The van der Waals surface area contributed by atoms with Gasteiger partial charge in [-0.1, -0.05) is 18.2 Å². The average molecular weight is 256 g/mol. The fourth-order valence-electron chi connectivity index (χ4n) is 1.31. The van der Waals surface area contributed by atoms with Gasteiger partial charge in [-0.15, -0.1) is 11.3 Å². The fourth-order valence-corrected chi connectivity index (χ4v) is 2.58. The summed E-state index contributed by atoms with van der Waals surface area (Å²) in [5.41, 5.74) is 6.26. The van der Waals surface area contributed by atoms with Crippen LogP contribution in [0.15, 0.2) is 34.5 Å². The Morgan fingerprint density at radius 2 is 2.00 bits per heavy atom. The van der Waals surface area contributed by atoms with Gasteiger partial charge in [-0.25, -0.2) is 4.98 Å². The highest BCUT2D eigenvalue weighted by Crippen LogP contribution is 2.28. The average Bonchev–Trinajstić information content (AvgIpc) is 2.64. The monoisotopic (exact) mass is 256 g/mol. The molecular weight excluding hydrogens is 248 g/mol. The number of rotatable bonds is 2. The second kappa shape index (κ2) is 3.85. The molecule has 5 nitrogen and oxygen atoms in total. The minimum Gasteiger partial charge on any atom is -0.375 e. The van der Waals surface area contributed by atoms with Crippen LogP contribution in [0.3, 0.4) is 0 Å². The Morgan fingerprint density at radius 1 is 1.31 bits per heavy atom. The maximum Gasteiger partial charge on any atom is 0.295 e. The molecule has 1 heterocycles. The van der Waals surface area contributed by atoms with E-state index in [9.17, 15) is 8.42 Å². The Labute approximate surface area is 96.3 Å². The van der Waals surface area contributed by atoms with Crippen molar-refractivity contribution in [3.05, 3.63) is 29.6 Å². The van der Waals surface area contributed by atoms with Crippen molar-refractivity contribution in [2.75, 3.05) is 5.73 Å². The molecule has 16 heavy (non-hydrogen) atoms. The fraction of sp³-hybridized carbons (Fsp3) is 0. The van der Waals surface area contributed by atoms with E-state index in [1.165, 1.54) is 23.5 Å². The molecule has 0 spiro atoms. The Bertz CT molecular complexity index is 619. The van der Waals surface area contributed by atoms with Crippen LogP contribution < -0.4 is 5.73 Å². The van der Waals surface area contributed by atoms with Crippen molar-refractivity contribution in [2.45, 2.75) is 4.90 Å². The first-order valence-corrected chi connectivity index (χ1v) is 6.58. The third-order valence-electron chi connectivity index (χ3n) is 1.96. The molecule has 0 radical (unpaired) electrons. The van der Waals surface area contributed by atoms with Crippen molar-refractivity contribution in [3.8, 4) is 11.3 Å². The largest absolute Gasteiger partial charge is 0.375 e. The smallest absolute Gasteiger partial charge is 0.295 e. The summed E-state index contributed by atoms with van der Waals surface area (Å²) in [5, 5.41) is 1.99. The molecular formula is C9H8N2O3S2. The number of nitrogens with two attached hydrogens (primary N) is 1. The number of hydrogen-bond donors (Lipinski definition) is 2. The van der Waals surface area contributed by atoms with Gasteiger partial charge in [-0.2, -0.15) is 8.42 Å². The quantitative estimate of drug-likeness (QED) is 0.797. The van der Waals surface area contributed by atoms with E-state index < -0.39 is 10.1 Å². The predicted octanol–water partition coefficient (Wildman–Crippen LogP) is 1.64. The van der Waals surface area contributed by atoms with Crippen molar-refractivity contribution in [1.82, 2.24) is 4.98 Å².